The van der Waals surface area contributed by atoms with Crippen LogP contribution in [-0.4, -0.2) is 34.6 Å². The lowest BCUT2D eigenvalue weighted by Gasteiger charge is -2.20. The van der Waals surface area contributed by atoms with Crippen molar-refractivity contribution in [3.05, 3.63) is 68.2 Å². The molecule has 4 aromatic rings. The van der Waals surface area contributed by atoms with E-state index >= 15 is 0 Å². The minimum atomic E-state index is -0.233. The van der Waals surface area contributed by atoms with Gasteiger partial charge in [-0.1, -0.05) is 12.1 Å². The summed E-state index contributed by atoms with van der Waals surface area (Å²) in [6, 6.07) is 11.9. The molecule has 0 saturated heterocycles. The number of aryl methyl sites for hydroxylation is 2. The molecule has 1 aliphatic carbocycles. The fourth-order valence-corrected chi connectivity index (χ4v) is 5.48. The van der Waals surface area contributed by atoms with Gasteiger partial charge in [0.05, 0.1) is 41.0 Å². The maximum atomic E-state index is 11.5. The summed E-state index contributed by atoms with van der Waals surface area (Å²) < 4.78 is 11.7. The van der Waals surface area contributed by atoms with E-state index in [2.05, 4.69) is 16.4 Å². The van der Waals surface area contributed by atoms with Crippen LogP contribution in [0.15, 0.2) is 41.8 Å². The minimum absolute atomic E-state index is 0.123. The van der Waals surface area contributed by atoms with Crippen LogP contribution in [0.5, 0.6) is 11.5 Å². The number of hydrogen-bond donors (Lipinski definition) is 1. The Morgan fingerprint density at radius 3 is 2.61 bits per heavy atom. The number of nitro groups is 1. The maximum Gasteiger partial charge on any atom is 0.210 e. The number of thiazole rings is 1. The molecule has 9 heteroatoms. The fraction of sp³-hybridized carbons (Fsp3) is 0.333. The van der Waals surface area contributed by atoms with Crippen molar-refractivity contribution in [1.82, 2.24) is 9.97 Å². The maximum absolute atomic E-state index is 11.5. The Kier molecular flexibility index (Phi) is 6.73. The highest BCUT2D eigenvalue weighted by atomic mass is 32.1. The molecule has 8 nitrogen and oxygen atoms in total. The number of fused-ring (bicyclic) bond motifs is 2. The second-order valence-electron chi connectivity index (χ2n) is 8.74. The largest absolute Gasteiger partial charge is 0.490 e. The highest BCUT2D eigenvalue weighted by Gasteiger charge is 2.32. The van der Waals surface area contributed by atoms with Crippen LogP contribution in [0.25, 0.3) is 22.2 Å². The summed E-state index contributed by atoms with van der Waals surface area (Å²) in [6.07, 6.45) is 1.40. The van der Waals surface area contributed by atoms with E-state index in [0.29, 0.717) is 37.6 Å². The molecule has 0 unspecified atom stereocenters. The lowest BCUT2D eigenvalue weighted by Crippen LogP contribution is -2.12. The van der Waals surface area contributed by atoms with Crippen LogP contribution in [0.3, 0.4) is 0 Å². The van der Waals surface area contributed by atoms with Crippen LogP contribution in [-0.2, 0) is 6.42 Å². The van der Waals surface area contributed by atoms with Gasteiger partial charge in [0.15, 0.2) is 11.5 Å². The lowest BCUT2D eigenvalue weighted by molar-refractivity contribution is -0.483. The molecule has 2 aromatic carbocycles. The first-order chi connectivity index (χ1) is 17.5. The van der Waals surface area contributed by atoms with E-state index in [1.54, 1.807) is 11.3 Å². The van der Waals surface area contributed by atoms with Crippen LogP contribution in [0.1, 0.15) is 42.5 Å². The van der Waals surface area contributed by atoms with Crippen molar-refractivity contribution in [1.29, 1.82) is 0 Å². The van der Waals surface area contributed by atoms with Crippen molar-refractivity contribution in [2.24, 2.45) is 0 Å². The Morgan fingerprint density at radius 1 is 1.14 bits per heavy atom. The average molecular weight is 505 g/mol. The first kappa shape index (κ1) is 24.0. The molecular weight excluding hydrogens is 476 g/mol. The zero-order chi connectivity index (χ0) is 25.2. The van der Waals surface area contributed by atoms with Gasteiger partial charge in [-0.3, -0.25) is 15.1 Å². The van der Waals surface area contributed by atoms with E-state index in [9.17, 15) is 10.1 Å². The summed E-state index contributed by atoms with van der Waals surface area (Å²) in [5.74, 6) is 1.07. The van der Waals surface area contributed by atoms with Gasteiger partial charge >= 0.3 is 0 Å². The Morgan fingerprint density at radius 2 is 1.92 bits per heavy atom. The van der Waals surface area contributed by atoms with Gasteiger partial charge < -0.3 is 14.8 Å². The molecule has 36 heavy (non-hydrogen) atoms. The number of ether oxygens (including phenoxy) is 2. The highest BCUT2D eigenvalue weighted by molar-refractivity contribution is 7.09. The second kappa shape index (κ2) is 10.1. The van der Waals surface area contributed by atoms with Gasteiger partial charge in [0.1, 0.15) is 0 Å². The molecule has 5 rings (SSSR count). The Labute approximate surface area is 213 Å². The SMILES string of the molecule is CCOc1cc2nc3c(c(Nc4cccc(-c5csc(C)n5)c4)c2cc1OCC)[C@H](C[N+](=O)[O-])CC3. The predicted octanol–water partition coefficient (Wildman–Crippen LogP) is 6.51. The van der Waals surface area contributed by atoms with Crippen LogP contribution in [0.4, 0.5) is 11.4 Å². The molecular formula is C27H28N4O4S. The van der Waals surface area contributed by atoms with Crippen LogP contribution in [0, 0.1) is 17.0 Å². The third kappa shape index (κ3) is 4.70. The smallest absolute Gasteiger partial charge is 0.210 e. The molecule has 2 aromatic heterocycles. The zero-order valence-corrected chi connectivity index (χ0v) is 21.4. The zero-order valence-electron chi connectivity index (χ0n) is 20.5. The van der Waals surface area contributed by atoms with Gasteiger partial charge in [-0.25, -0.2) is 4.98 Å². The third-order valence-electron chi connectivity index (χ3n) is 6.32. The van der Waals surface area contributed by atoms with Crippen molar-refractivity contribution in [3.63, 3.8) is 0 Å². The Balaban J connectivity index is 1.67. The Hall–Kier alpha value is -3.72. The summed E-state index contributed by atoms with van der Waals surface area (Å²) in [6.45, 7) is 6.73. The van der Waals surface area contributed by atoms with E-state index in [4.69, 9.17) is 14.5 Å². The number of hydrogen-bond acceptors (Lipinski definition) is 8. The van der Waals surface area contributed by atoms with Gasteiger partial charge in [-0.05, 0) is 51.8 Å². The van der Waals surface area contributed by atoms with E-state index in [0.717, 1.165) is 49.8 Å². The second-order valence-corrected chi connectivity index (χ2v) is 9.80. The summed E-state index contributed by atoms with van der Waals surface area (Å²) in [5, 5.41) is 19.0. The van der Waals surface area contributed by atoms with Gasteiger partial charge in [0.25, 0.3) is 0 Å². The molecule has 1 N–H and O–H groups in total. The summed E-state index contributed by atoms with van der Waals surface area (Å²) >= 11 is 1.62. The van der Waals surface area contributed by atoms with E-state index in [1.807, 2.05) is 56.5 Å². The van der Waals surface area contributed by atoms with Gasteiger partial charge in [0.2, 0.25) is 6.54 Å². The quantitative estimate of drug-likeness (QED) is 0.205. The Bertz CT molecular complexity index is 1440. The van der Waals surface area contributed by atoms with Crippen molar-refractivity contribution in [3.8, 4) is 22.8 Å². The molecule has 1 aliphatic rings. The molecule has 1 atom stereocenters. The third-order valence-corrected chi connectivity index (χ3v) is 7.09. The molecule has 2 heterocycles. The van der Waals surface area contributed by atoms with E-state index < -0.39 is 0 Å². The van der Waals surface area contributed by atoms with E-state index in [1.165, 1.54) is 0 Å². The van der Waals surface area contributed by atoms with E-state index in [-0.39, 0.29) is 17.4 Å². The number of aromatic nitrogens is 2. The molecule has 0 fully saturated rings. The van der Waals surface area contributed by atoms with Gasteiger partial charge in [-0.15, -0.1) is 11.3 Å². The lowest BCUT2D eigenvalue weighted by atomic mass is 9.97. The molecule has 0 aliphatic heterocycles. The monoisotopic (exact) mass is 504 g/mol. The first-order valence-corrected chi connectivity index (χ1v) is 13.0. The standard InChI is InChI=1S/C27H28N4O4S/c1-4-34-24-12-20-22(13-25(24)35-5-2)30-21-10-9-18(14-31(32)33)26(21)27(20)29-19-8-6-7-17(11-19)23-15-36-16(3)28-23/h6-8,11-13,15,18H,4-5,9-10,14H2,1-3H3,(H,29,30)/t18-/m0/s1. The van der Waals surface area contributed by atoms with Crippen molar-refractivity contribution in [2.45, 2.75) is 39.5 Å². The molecule has 0 bridgehead atoms. The highest BCUT2D eigenvalue weighted by Crippen LogP contribution is 2.45. The summed E-state index contributed by atoms with van der Waals surface area (Å²) in [7, 11) is 0. The summed E-state index contributed by atoms with van der Waals surface area (Å²) in [4.78, 5) is 20.8. The number of nitrogens with zero attached hydrogens (tertiary/aromatic N) is 3. The average Bonchev–Trinajstić information content (AvgIpc) is 3.46. The number of pyridine rings is 1. The normalized spacial score (nSPS) is 14.6. The molecule has 0 saturated carbocycles. The predicted molar refractivity (Wildman–Crippen MR) is 143 cm³/mol. The van der Waals surface area contributed by atoms with Crippen molar-refractivity contribution in [2.75, 3.05) is 25.1 Å². The molecule has 186 valence electrons. The van der Waals surface area contributed by atoms with Crippen LogP contribution >= 0.6 is 11.3 Å². The molecule has 0 spiro atoms. The van der Waals surface area contributed by atoms with Gasteiger partial charge in [-0.2, -0.15) is 0 Å². The number of rotatable bonds is 9. The first-order valence-electron chi connectivity index (χ1n) is 12.1. The summed E-state index contributed by atoms with van der Waals surface area (Å²) in [5.41, 5.74) is 6.25. The number of nitrogens with one attached hydrogen (secondary N) is 1. The van der Waals surface area contributed by atoms with Crippen molar-refractivity contribution >= 4 is 33.6 Å². The van der Waals surface area contributed by atoms with Crippen LogP contribution < -0.4 is 14.8 Å². The fourth-order valence-electron chi connectivity index (χ4n) is 4.85. The minimum Gasteiger partial charge on any atom is -0.490 e. The number of benzene rings is 2. The van der Waals surface area contributed by atoms with Crippen molar-refractivity contribution < 1.29 is 14.4 Å². The van der Waals surface area contributed by atoms with Crippen LogP contribution in [0.2, 0.25) is 0 Å². The molecule has 0 amide bonds. The topological polar surface area (TPSA) is 99.4 Å². The molecule has 0 radical (unpaired) electrons. The van der Waals surface area contributed by atoms with Gasteiger partial charge in [0, 0.05) is 44.3 Å². The number of anilines is 2.